The van der Waals surface area contributed by atoms with Crippen LogP contribution in [-0.4, -0.2) is 45.2 Å². The summed E-state index contributed by atoms with van der Waals surface area (Å²) < 4.78 is 54.3. The molecule has 1 atom stereocenters. The zero-order chi connectivity index (χ0) is 27.9. The molecule has 0 radical (unpaired) electrons. The Balaban J connectivity index is 0.000000748. The average Bonchev–Trinajstić information content (AvgIpc) is 3.59. The van der Waals surface area contributed by atoms with E-state index >= 15 is 0 Å². The number of imidazole rings is 1. The van der Waals surface area contributed by atoms with Crippen LogP contribution in [0, 0.1) is 5.92 Å². The van der Waals surface area contributed by atoms with Gasteiger partial charge in [-0.3, -0.25) is 5.32 Å². The molecule has 0 saturated carbocycles. The normalized spacial score (nSPS) is 15.0. The molecule has 9 nitrogen and oxygen atoms in total. The van der Waals surface area contributed by atoms with E-state index in [1.807, 2.05) is 18.4 Å². The summed E-state index contributed by atoms with van der Waals surface area (Å²) in [5.74, 6) is -0.890. The molecule has 12 heteroatoms. The van der Waals surface area contributed by atoms with Crippen molar-refractivity contribution < 1.29 is 37.0 Å². The van der Waals surface area contributed by atoms with Gasteiger partial charge < -0.3 is 23.6 Å². The average molecular weight is 537 g/mol. The predicted molar refractivity (Wildman–Crippen MR) is 137 cm³/mol. The summed E-state index contributed by atoms with van der Waals surface area (Å²) in [5.41, 5.74) is 1.70. The van der Waals surface area contributed by atoms with E-state index in [2.05, 4.69) is 33.9 Å². The summed E-state index contributed by atoms with van der Waals surface area (Å²) in [6.07, 6.45) is -2.70. The van der Waals surface area contributed by atoms with E-state index in [4.69, 9.17) is 9.15 Å². The van der Waals surface area contributed by atoms with Crippen molar-refractivity contribution in [1.82, 2.24) is 14.5 Å². The van der Waals surface area contributed by atoms with Gasteiger partial charge in [-0.15, -0.1) is 13.2 Å². The molecule has 1 aliphatic heterocycles. The van der Waals surface area contributed by atoms with Gasteiger partial charge in [-0.2, -0.15) is 4.98 Å². The minimum Gasteiger partial charge on any atom is -0.478 e. The number of nitrogens with one attached hydrogen (secondary N) is 1. The van der Waals surface area contributed by atoms with Gasteiger partial charge in [0, 0.05) is 25.1 Å². The van der Waals surface area contributed by atoms with Crippen LogP contribution in [0.15, 0.2) is 40.8 Å². The number of anilines is 2. The second kappa shape index (κ2) is 12.6. The first-order valence-electron chi connectivity index (χ1n) is 12.4. The number of aromatic nitrogens is 3. The SMILES string of the molecule is CC.CCC.O=C(O)c1ccc2c(c1)nc(Nc1nc3ccc(OC(F)(F)F)cc3o1)n2CC1CCOC1. The minimum absolute atomic E-state index is 0.0202. The monoisotopic (exact) mass is 536 g/mol. The van der Waals surface area contributed by atoms with E-state index in [9.17, 15) is 23.1 Å². The molecule has 0 amide bonds. The molecule has 1 unspecified atom stereocenters. The number of ether oxygens (including phenoxy) is 2. The molecular weight excluding hydrogens is 505 g/mol. The topological polar surface area (TPSA) is 112 Å². The summed E-state index contributed by atoms with van der Waals surface area (Å²) in [4.78, 5) is 20.1. The number of oxazole rings is 1. The number of hydrogen-bond acceptors (Lipinski definition) is 7. The molecule has 2 N–H and O–H groups in total. The second-order valence-corrected chi connectivity index (χ2v) is 8.31. The van der Waals surface area contributed by atoms with E-state index in [1.165, 1.54) is 24.6 Å². The molecule has 5 rings (SSSR count). The fourth-order valence-corrected chi connectivity index (χ4v) is 3.78. The molecule has 1 fully saturated rings. The van der Waals surface area contributed by atoms with E-state index < -0.39 is 18.1 Å². The number of fused-ring (bicyclic) bond motifs is 2. The van der Waals surface area contributed by atoms with Crippen LogP contribution in [0.1, 0.15) is 50.9 Å². The highest BCUT2D eigenvalue weighted by molar-refractivity contribution is 5.93. The van der Waals surface area contributed by atoms with E-state index in [-0.39, 0.29) is 23.1 Å². The first-order chi connectivity index (χ1) is 18.2. The van der Waals surface area contributed by atoms with Crippen molar-refractivity contribution in [3.63, 3.8) is 0 Å². The lowest BCUT2D eigenvalue weighted by atomic mass is 10.1. The third kappa shape index (κ3) is 7.15. The Morgan fingerprint density at radius 2 is 1.89 bits per heavy atom. The Bertz CT molecular complexity index is 1360. The first-order valence-corrected chi connectivity index (χ1v) is 12.4. The number of hydrogen-bond donors (Lipinski definition) is 2. The van der Waals surface area contributed by atoms with E-state index in [0.717, 1.165) is 18.6 Å². The Morgan fingerprint density at radius 3 is 2.53 bits per heavy atom. The standard InChI is InChI=1S/C21H17F3N4O5.C3H8.C2H6/c22-21(23,24)33-13-2-3-14-17(8-13)32-20(26-14)27-19-25-15-7-12(18(29)30)1-4-16(15)28(19)9-11-5-6-31-10-11;1-3-2;1-2/h1-4,7-8,11H,5-6,9-10H2,(H,29,30)(H,25,26,27);3H2,1-2H3;1-2H3. The molecular formula is C26H31F3N4O5. The number of carboxylic acids is 1. The molecule has 38 heavy (non-hydrogen) atoms. The third-order valence-electron chi connectivity index (χ3n) is 5.27. The number of alkyl halides is 3. The van der Waals surface area contributed by atoms with Crippen molar-refractivity contribution in [2.75, 3.05) is 18.5 Å². The minimum atomic E-state index is -4.82. The van der Waals surface area contributed by atoms with Crippen molar-refractivity contribution in [1.29, 1.82) is 0 Å². The van der Waals surface area contributed by atoms with Crippen molar-refractivity contribution in [3.05, 3.63) is 42.0 Å². The van der Waals surface area contributed by atoms with Gasteiger partial charge in [0.25, 0.3) is 0 Å². The van der Waals surface area contributed by atoms with Crippen molar-refractivity contribution in [2.45, 2.75) is 53.4 Å². The van der Waals surface area contributed by atoms with Crippen molar-refractivity contribution in [2.24, 2.45) is 5.92 Å². The number of nitrogens with zero attached hydrogens (tertiary/aromatic N) is 3. The Kier molecular flexibility index (Phi) is 9.56. The molecule has 4 aromatic rings. The number of carboxylic acid groups (broad SMARTS) is 1. The Hall–Kier alpha value is -3.80. The smallest absolute Gasteiger partial charge is 0.478 e. The molecule has 1 aliphatic rings. The zero-order valence-electron chi connectivity index (χ0n) is 21.6. The molecule has 2 aromatic heterocycles. The van der Waals surface area contributed by atoms with Crippen LogP contribution in [0.2, 0.25) is 0 Å². The highest BCUT2D eigenvalue weighted by atomic mass is 19.4. The summed E-state index contributed by atoms with van der Waals surface area (Å²) >= 11 is 0. The van der Waals surface area contributed by atoms with Crippen LogP contribution >= 0.6 is 0 Å². The van der Waals surface area contributed by atoms with Crippen LogP contribution in [-0.2, 0) is 11.3 Å². The van der Waals surface area contributed by atoms with Gasteiger partial charge in [-0.25, -0.2) is 9.78 Å². The van der Waals surface area contributed by atoms with Crippen molar-refractivity contribution in [3.8, 4) is 5.75 Å². The molecule has 3 heterocycles. The molecule has 0 spiro atoms. The lowest BCUT2D eigenvalue weighted by Crippen LogP contribution is -2.16. The van der Waals surface area contributed by atoms with Gasteiger partial charge in [0.15, 0.2) is 5.58 Å². The number of carbonyl (C=O) groups is 1. The maximum absolute atomic E-state index is 12.5. The number of benzene rings is 2. The predicted octanol–water partition coefficient (Wildman–Crippen LogP) is 7.00. The largest absolute Gasteiger partial charge is 0.573 e. The quantitative estimate of drug-likeness (QED) is 0.271. The highest BCUT2D eigenvalue weighted by Crippen LogP contribution is 2.31. The van der Waals surface area contributed by atoms with Crippen molar-refractivity contribution >= 4 is 40.1 Å². The maximum atomic E-state index is 12.5. The number of halogens is 3. The fourth-order valence-electron chi connectivity index (χ4n) is 3.78. The summed E-state index contributed by atoms with van der Waals surface area (Å²) in [7, 11) is 0. The van der Waals surface area contributed by atoms with Gasteiger partial charge in [0.1, 0.15) is 11.3 Å². The first kappa shape index (κ1) is 28.8. The second-order valence-electron chi connectivity index (χ2n) is 8.31. The van der Waals surface area contributed by atoms with Gasteiger partial charge in [-0.05, 0) is 36.8 Å². The van der Waals surface area contributed by atoms with E-state index in [0.29, 0.717) is 42.3 Å². The Labute approximate surface area is 217 Å². The van der Waals surface area contributed by atoms with Gasteiger partial charge in [0.2, 0.25) is 5.95 Å². The van der Waals surface area contributed by atoms with E-state index in [1.54, 1.807) is 6.07 Å². The molecule has 2 aromatic carbocycles. The lowest BCUT2D eigenvalue weighted by Gasteiger charge is -2.13. The number of aromatic carboxylic acids is 1. The summed E-state index contributed by atoms with van der Waals surface area (Å²) in [5, 5.41) is 12.3. The third-order valence-corrected chi connectivity index (χ3v) is 5.27. The molecule has 0 bridgehead atoms. The fraction of sp³-hybridized carbons (Fsp3) is 0.423. The van der Waals surface area contributed by atoms with Crippen LogP contribution in [0.3, 0.4) is 0 Å². The van der Waals surface area contributed by atoms with Crippen LogP contribution in [0.25, 0.3) is 22.1 Å². The molecule has 0 aliphatic carbocycles. The van der Waals surface area contributed by atoms with Crippen LogP contribution < -0.4 is 10.1 Å². The van der Waals surface area contributed by atoms with Crippen LogP contribution in [0.5, 0.6) is 5.75 Å². The molecule has 1 saturated heterocycles. The van der Waals surface area contributed by atoms with Gasteiger partial charge in [0.05, 0.1) is 23.2 Å². The summed E-state index contributed by atoms with van der Waals surface area (Å²) in [6.45, 7) is 10.1. The zero-order valence-corrected chi connectivity index (χ0v) is 21.6. The number of rotatable bonds is 6. The van der Waals surface area contributed by atoms with Gasteiger partial charge >= 0.3 is 18.3 Å². The summed E-state index contributed by atoms with van der Waals surface area (Å²) in [6, 6.07) is 8.26. The lowest BCUT2D eigenvalue weighted by molar-refractivity contribution is -0.274. The molecule has 206 valence electrons. The maximum Gasteiger partial charge on any atom is 0.573 e. The van der Waals surface area contributed by atoms with Crippen LogP contribution in [0.4, 0.5) is 25.1 Å². The highest BCUT2D eigenvalue weighted by Gasteiger charge is 2.31. The van der Waals surface area contributed by atoms with Gasteiger partial charge in [-0.1, -0.05) is 34.1 Å². The Morgan fingerprint density at radius 1 is 1.16 bits per heavy atom.